The summed E-state index contributed by atoms with van der Waals surface area (Å²) >= 11 is 5.82. The summed E-state index contributed by atoms with van der Waals surface area (Å²) < 4.78 is 0. The van der Waals surface area contributed by atoms with Crippen LogP contribution in [0.15, 0.2) is 49.6 Å². The minimum atomic E-state index is -0.262. The summed E-state index contributed by atoms with van der Waals surface area (Å²) in [5.74, 6) is 1.11. The van der Waals surface area contributed by atoms with Crippen LogP contribution >= 0.6 is 11.6 Å². The second kappa shape index (κ2) is 9.79. The number of carbonyl (C=O) groups excluding carboxylic acids is 1. The quantitative estimate of drug-likeness (QED) is 0.520. The Labute approximate surface area is 174 Å². The average molecular weight is 412 g/mol. The van der Waals surface area contributed by atoms with Gasteiger partial charge in [-0.3, -0.25) is 4.79 Å². The largest absolute Gasteiger partial charge is 0.354 e. The van der Waals surface area contributed by atoms with Gasteiger partial charge in [-0.2, -0.15) is 0 Å². The second-order valence-electron chi connectivity index (χ2n) is 6.26. The van der Waals surface area contributed by atoms with Gasteiger partial charge >= 0.3 is 0 Å². The summed E-state index contributed by atoms with van der Waals surface area (Å²) in [5, 5.41) is 7.36. The van der Waals surface area contributed by atoms with Crippen molar-refractivity contribution >= 4 is 45.9 Å². The minimum absolute atomic E-state index is 0.262. The van der Waals surface area contributed by atoms with Crippen LogP contribution < -0.4 is 15.5 Å². The molecular weight excluding hydrogens is 390 g/mol. The molecule has 150 valence electrons. The van der Waals surface area contributed by atoms with Crippen LogP contribution in [-0.2, 0) is 4.79 Å². The summed E-state index contributed by atoms with van der Waals surface area (Å²) in [6, 6.07) is 5.58. The highest BCUT2D eigenvalue weighted by atomic mass is 35.5. The van der Waals surface area contributed by atoms with Gasteiger partial charge < -0.3 is 15.5 Å². The van der Waals surface area contributed by atoms with Crippen molar-refractivity contribution in [3.63, 3.8) is 0 Å². The van der Waals surface area contributed by atoms with Crippen molar-refractivity contribution in [1.29, 1.82) is 0 Å². The maximum absolute atomic E-state index is 11.5. The molecule has 2 aromatic heterocycles. The van der Waals surface area contributed by atoms with Crippen LogP contribution in [0.5, 0.6) is 0 Å². The predicted molar refractivity (Wildman–Crippen MR) is 116 cm³/mol. The summed E-state index contributed by atoms with van der Waals surface area (Å²) in [7, 11) is 0. The molecule has 0 fully saturated rings. The first-order chi connectivity index (χ1) is 14.1. The van der Waals surface area contributed by atoms with Crippen LogP contribution in [0.3, 0.4) is 0 Å². The standard InChI is InChI=1S/C20H22ClN7O/c1-3-8-28(9-7-22-20-23-11-14(21)12-24-20)19-16-6-5-15(27-18(29)4-2)10-17(16)25-13-26-19/h4-6,10-13H,2-3,7-9H2,1H3,(H,27,29)(H,22,23,24). The Morgan fingerprint density at radius 2 is 2.00 bits per heavy atom. The first-order valence-electron chi connectivity index (χ1n) is 9.25. The van der Waals surface area contributed by atoms with Crippen LogP contribution in [0.4, 0.5) is 17.5 Å². The molecule has 3 aromatic rings. The average Bonchev–Trinajstić information content (AvgIpc) is 2.74. The lowest BCUT2D eigenvalue weighted by atomic mass is 10.2. The zero-order valence-corrected chi connectivity index (χ0v) is 16.9. The lowest BCUT2D eigenvalue weighted by Gasteiger charge is -2.24. The van der Waals surface area contributed by atoms with E-state index >= 15 is 0 Å². The predicted octanol–water partition coefficient (Wildman–Crippen LogP) is 3.53. The highest BCUT2D eigenvalue weighted by molar-refractivity contribution is 6.30. The normalized spacial score (nSPS) is 10.6. The van der Waals surface area contributed by atoms with E-state index in [4.69, 9.17) is 11.6 Å². The van der Waals surface area contributed by atoms with Crippen LogP contribution in [0.1, 0.15) is 13.3 Å². The third kappa shape index (κ3) is 5.39. The number of carbonyl (C=O) groups is 1. The van der Waals surface area contributed by atoms with Crippen molar-refractivity contribution < 1.29 is 4.79 Å². The van der Waals surface area contributed by atoms with Gasteiger partial charge in [-0.1, -0.05) is 25.1 Å². The molecule has 0 radical (unpaired) electrons. The summed E-state index contributed by atoms with van der Waals surface area (Å²) in [4.78, 5) is 30.9. The van der Waals surface area contributed by atoms with E-state index < -0.39 is 0 Å². The van der Waals surface area contributed by atoms with Crippen LogP contribution in [0, 0.1) is 0 Å². The Bertz CT molecular complexity index is 994. The smallest absolute Gasteiger partial charge is 0.247 e. The van der Waals surface area contributed by atoms with E-state index in [1.807, 2.05) is 18.2 Å². The van der Waals surface area contributed by atoms with Crippen molar-refractivity contribution in [2.45, 2.75) is 13.3 Å². The third-order valence-electron chi connectivity index (χ3n) is 4.15. The van der Waals surface area contributed by atoms with Gasteiger partial charge in [0.25, 0.3) is 0 Å². The fourth-order valence-corrected chi connectivity index (χ4v) is 2.96. The van der Waals surface area contributed by atoms with Gasteiger partial charge in [-0.05, 0) is 30.7 Å². The molecule has 2 N–H and O–H groups in total. The molecule has 29 heavy (non-hydrogen) atoms. The molecule has 0 spiro atoms. The molecule has 0 saturated heterocycles. The maximum Gasteiger partial charge on any atom is 0.247 e. The lowest BCUT2D eigenvalue weighted by molar-refractivity contribution is -0.111. The molecule has 9 heteroatoms. The molecule has 0 aliphatic rings. The maximum atomic E-state index is 11.5. The molecule has 2 heterocycles. The van der Waals surface area contributed by atoms with Crippen LogP contribution in [-0.4, -0.2) is 45.5 Å². The van der Waals surface area contributed by atoms with Crippen molar-refractivity contribution in [3.8, 4) is 0 Å². The minimum Gasteiger partial charge on any atom is -0.354 e. The first kappa shape index (κ1) is 20.5. The van der Waals surface area contributed by atoms with E-state index in [9.17, 15) is 4.79 Å². The molecule has 0 aliphatic heterocycles. The Morgan fingerprint density at radius 1 is 1.21 bits per heavy atom. The van der Waals surface area contributed by atoms with Crippen molar-refractivity contribution in [2.24, 2.45) is 0 Å². The number of nitrogens with one attached hydrogen (secondary N) is 2. The number of anilines is 3. The zero-order valence-electron chi connectivity index (χ0n) is 16.1. The van der Waals surface area contributed by atoms with E-state index in [-0.39, 0.29) is 5.91 Å². The number of nitrogens with zero attached hydrogens (tertiary/aromatic N) is 5. The van der Waals surface area contributed by atoms with Crippen molar-refractivity contribution in [2.75, 3.05) is 35.2 Å². The molecule has 0 bridgehead atoms. The van der Waals surface area contributed by atoms with Crippen molar-refractivity contribution in [3.05, 3.63) is 54.6 Å². The number of benzene rings is 1. The zero-order chi connectivity index (χ0) is 20.6. The number of hydrogen-bond acceptors (Lipinski definition) is 7. The summed E-state index contributed by atoms with van der Waals surface area (Å²) in [5.41, 5.74) is 1.42. The lowest BCUT2D eigenvalue weighted by Crippen LogP contribution is -2.31. The van der Waals surface area contributed by atoms with Gasteiger partial charge in [-0.15, -0.1) is 0 Å². The summed E-state index contributed by atoms with van der Waals surface area (Å²) in [6.45, 7) is 7.77. The highest BCUT2D eigenvalue weighted by Crippen LogP contribution is 2.25. The molecular formula is C20H22ClN7O. The number of rotatable bonds is 9. The molecule has 0 unspecified atom stereocenters. The fourth-order valence-electron chi connectivity index (χ4n) is 2.87. The van der Waals surface area contributed by atoms with Gasteiger partial charge in [0, 0.05) is 30.7 Å². The van der Waals surface area contributed by atoms with Gasteiger partial charge in [0.1, 0.15) is 12.1 Å². The molecule has 3 rings (SSSR count). The number of halogens is 1. The Kier molecular flexibility index (Phi) is 6.91. The van der Waals surface area contributed by atoms with Crippen molar-refractivity contribution in [1.82, 2.24) is 19.9 Å². The van der Waals surface area contributed by atoms with E-state index in [1.54, 1.807) is 12.4 Å². The SMILES string of the molecule is C=CC(=O)Nc1ccc2c(N(CCC)CCNc3ncc(Cl)cn3)ncnc2c1. The van der Waals surface area contributed by atoms with E-state index in [0.717, 1.165) is 29.7 Å². The van der Waals surface area contributed by atoms with Gasteiger partial charge in [-0.25, -0.2) is 19.9 Å². The topological polar surface area (TPSA) is 95.9 Å². The van der Waals surface area contributed by atoms with Crippen LogP contribution in [0.2, 0.25) is 5.02 Å². The first-order valence-corrected chi connectivity index (χ1v) is 9.63. The van der Waals surface area contributed by atoms with E-state index in [0.29, 0.717) is 29.7 Å². The van der Waals surface area contributed by atoms with Gasteiger partial charge in [0.05, 0.1) is 22.9 Å². The Balaban J connectivity index is 1.77. The molecule has 8 nitrogen and oxygen atoms in total. The Hall–Kier alpha value is -3.26. The number of amides is 1. The molecule has 1 aromatic carbocycles. The second-order valence-corrected chi connectivity index (χ2v) is 6.70. The summed E-state index contributed by atoms with van der Waals surface area (Å²) in [6.07, 6.45) is 6.85. The van der Waals surface area contributed by atoms with Gasteiger partial charge in [0.15, 0.2) is 0 Å². The molecule has 0 aliphatic carbocycles. The molecule has 1 amide bonds. The number of hydrogen-bond donors (Lipinski definition) is 2. The number of aromatic nitrogens is 4. The van der Waals surface area contributed by atoms with E-state index in [2.05, 4.69) is 49.0 Å². The molecule has 0 atom stereocenters. The third-order valence-corrected chi connectivity index (χ3v) is 4.34. The van der Waals surface area contributed by atoms with Crippen LogP contribution in [0.25, 0.3) is 10.9 Å². The Morgan fingerprint density at radius 3 is 2.72 bits per heavy atom. The fraction of sp³-hybridized carbons (Fsp3) is 0.250. The number of fused-ring (bicyclic) bond motifs is 1. The van der Waals surface area contributed by atoms with Gasteiger partial charge in [0.2, 0.25) is 11.9 Å². The monoisotopic (exact) mass is 411 g/mol. The van der Waals surface area contributed by atoms with E-state index in [1.165, 1.54) is 12.4 Å². The molecule has 0 saturated carbocycles. The highest BCUT2D eigenvalue weighted by Gasteiger charge is 2.13.